The molecule has 1 aromatic rings. The van der Waals surface area contributed by atoms with Crippen molar-refractivity contribution in [1.82, 2.24) is 5.32 Å². The smallest absolute Gasteiger partial charge is 0.0911 e. The first-order chi connectivity index (χ1) is 7.95. The van der Waals surface area contributed by atoms with Crippen LogP contribution in [-0.2, 0) is 10.8 Å². The van der Waals surface area contributed by atoms with Gasteiger partial charge in [0.15, 0.2) is 0 Å². The van der Waals surface area contributed by atoms with Crippen molar-refractivity contribution >= 4 is 22.1 Å². The summed E-state index contributed by atoms with van der Waals surface area (Å²) in [5.74, 6) is 0.698. The first-order valence-electron chi connectivity index (χ1n) is 6.10. The number of nitrogens with one attached hydrogen (secondary N) is 1. The molecule has 1 N–H and O–H groups in total. The summed E-state index contributed by atoms with van der Waals surface area (Å²) in [5.41, 5.74) is 0.141. The van der Waals surface area contributed by atoms with Gasteiger partial charge in [0.25, 0.3) is 0 Å². The van der Waals surface area contributed by atoms with Crippen LogP contribution in [0.1, 0.15) is 34.1 Å². The van der Waals surface area contributed by atoms with Crippen LogP contribution in [0.3, 0.4) is 0 Å². The fourth-order valence-electron chi connectivity index (χ4n) is 1.56. The average molecular weight is 273 g/mol. The summed E-state index contributed by atoms with van der Waals surface area (Å²) < 4.78 is 13.2. The molecular weight excluding hydrogens is 250 g/mol. The normalized spacial score (nSPS) is 15.8. The molecule has 0 aliphatic rings. The summed E-state index contributed by atoms with van der Waals surface area (Å²) in [6.07, 6.45) is 1.11. The van der Waals surface area contributed by atoms with Crippen LogP contribution in [-0.4, -0.2) is 22.5 Å². The van der Waals surface area contributed by atoms with Crippen LogP contribution < -0.4 is 5.32 Å². The van der Waals surface area contributed by atoms with Crippen LogP contribution in [0.4, 0.5) is 0 Å². The van der Waals surface area contributed by atoms with Crippen LogP contribution in [0.5, 0.6) is 0 Å². The Morgan fingerprint density at radius 1 is 1.47 bits per heavy atom. The Balaban J connectivity index is 2.63. The Bertz CT molecular complexity index is 341. The third-order valence-electron chi connectivity index (χ3n) is 2.72. The molecule has 98 valence electrons. The van der Waals surface area contributed by atoms with Crippen molar-refractivity contribution in [3.8, 4) is 0 Å². The third-order valence-corrected chi connectivity index (χ3v) is 5.45. The lowest BCUT2D eigenvalue weighted by Crippen LogP contribution is -2.44. The highest BCUT2D eigenvalue weighted by Crippen LogP contribution is 2.23. The SMILES string of the molecule is CCCNC(CS(=O)c1cccs1)C(C)(C)C. The van der Waals surface area contributed by atoms with Crippen LogP contribution in [0.25, 0.3) is 0 Å². The van der Waals surface area contributed by atoms with E-state index in [1.807, 2.05) is 17.5 Å². The third kappa shape index (κ3) is 4.90. The first kappa shape index (κ1) is 14.9. The van der Waals surface area contributed by atoms with E-state index in [4.69, 9.17) is 0 Å². The van der Waals surface area contributed by atoms with Crippen molar-refractivity contribution in [2.75, 3.05) is 12.3 Å². The van der Waals surface area contributed by atoms with Gasteiger partial charge in [-0.15, -0.1) is 11.3 Å². The Labute approximate surface area is 111 Å². The molecule has 1 heterocycles. The molecule has 17 heavy (non-hydrogen) atoms. The van der Waals surface area contributed by atoms with Gasteiger partial charge >= 0.3 is 0 Å². The van der Waals surface area contributed by atoms with Gasteiger partial charge in [-0.1, -0.05) is 33.8 Å². The fourth-order valence-corrected chi connectivity index (χ4v) is 4.12. The van der Waals surface area contributed by atoms with Crippen molar-refractivity contribution in [3.05, 3.63) is 17.5 Å². The van der Waals surface area contributed by atoms with Crippen molar-refractivity contribution in [1.29, 1.82) is 0 Å². The topological polar surface area (TPSA) is 29.1 Å². The second-order valence-corrected chi connectivity index (χ2v) is 7.99. The molecular formula is C13H23NOS2. The lowest BCUT2D eigenvalue weighted by atomic mass is 9.88. The summed E-state index contributed by atoms with van der Waals surface area (Å²) in [6.45, 7) is 9.75. The van der Waals surface area contributed by atoms with Gasteiger partial charge in [-0.2, -0.15) is 0 Å². The van der Waals surface area contributed by atoms with E-state index >= 15 is 0 Å². The minimum atomic E-state index is -0.876. The van der Waals surface area contributed by atoms with E-state index in [-0.39, 0.29) is 5.41 Å². The number of rotatable bonds is 6. The first-order valence-corrected chi connectivity index (χ1v) is 8.30. The van der Waals surface area contributed by atoms with Crippen molar-refractivity contribution in [3.63, 3.8) is 0 Å². The summed E-state index contributed by atoms with van der Waals surface area (Å²) in [6, 6.07) is 4.22. The molecule has 1 aromatic heterocycles. The Morgan fingerprint density at radius 2 is 2.18 bits per heavy atom. The molecule has 0 fully saturated rings. The minimum Gasteiger partial charge on any atom is -0.313 e. The van der Waals surface area contributed by atoms with E-state index in [9.17, 15) is 4.21 Å². The Hall–Kier alpha value is -0.190. The number of hydrogen-bond acceptors (Lipinski definition) is 3. The predicted molar refractivity (Wildman–Crippen MR) is 77.1 cm³/mol. The zero-order valence-electron chi connectivity index (χ0n) is 11.2. The van der Waals surface area contributed by atoms with E-state index in [0.717, 1.165) is 17.2 Å². The standard InChI is InChI=1S/C13H23NOS2/c1-5-8-14-11(13(2,3)4)10-17(15)12-7-6-9-16-12/h6-7,9,11,14H,5,8,10H2,1-4H3. The van der Waals surface area contributed by atoms with Crippen LogP contribution >= 0.6 is 11.3 Å². The fraction of sp³-hybridized carbons (Fsp3) is 0.692. The minimum absolute atomic E-state index is 0.141. The molecule has 0 aliphatic carbocycles. The molecule has 0 spiro atoms. The van der Waals surface area contributed by atoms with Gasteiger partial charge in [0, 0.05) is 11.8 Å². The van der Waals surface area contributed by atoms with E-state index in [1.54, 1.807) is 11.3 Å². The van der Waals surface area contributed by atoms with Gasteiger partial charge < -0.3 is 5.32 Å². The monoisotopic (exact) mass is 273 g/mol. The average Bonchev–Trinajstić information content (AvgIpc) is 2.75. The van der Waals surface area contributed by atoms with E-state index in [2.05, 4.69) is 33.0 Å². The summed E-state index contributed by atoms with van der Waals surface area (Å²) in [5, 5.41) is 5.50. The maximum absolute atomic E-state index is 12.2. The van der Waals surface area contributed by atoms with Gasteiger partial charge in [0.1, 0.15) is 0 Å². The molecule has 2 atom stereocenters. The largest absolute Gasteiger partial charge is 0.313 e. The van der Waals surface area contributed by atoms with Crippen molar-refractivity contribution < 1.29 is 4.21 Å². The van der Waals surface area contributed by atoms with E-state index < -0.39 is 10.8 Å². The lowest BCUT2D eigenvalue weighted by molar-refractivity contribution is 0.290. The van der Waals surface area contributed by atoms with Crippen molar-refractivity contribution in [2.24, 2.45) is 5.41 Å². The highest BCUT2D eigenvalue weighted by molar-refractivity contribution is 7.87. The van der Waals surface area contributed by atoms with Gasteiger partial charge in [-0.3, -0.25) is 4.21 Å². The molecule has 0 aromatic carbocycles. The van der Waals surface area contributed by atoms with E-state index in [0.29, 0.717) is 11.8 Å². The quantitative estimate of drug-likeness (QED) is 0.862. The van der Waals surface area contributed by atoms with Crippen LogP contribution in [0.15, 0.2) is 21.7 Å². The second kappa shape index (κ2) is 6.66. The zero-order valence-corrected chi connectivity index (χ0v) is 12.8. The predicted octanol–water partition coefficient (Wildman–Crippen LogP) is 3.27. The second-order valence-electron chi connectivity index (χ2n) is 5.32. The van der Waals surface area contributed by atoms with Gasteiger partial charge in [-0.05, 0) is 29.8 Å². The number of hydrogen-bond donors (Lipinski definition) is 1. The molecule has 0 bridgehead atoms. The molecule has 0 amide bonds. The summed E-state index contributed by atoms with van der Waals surface area (Å²) in [4.78, 5) is 0. The molecule has 0 radical (unpaired) electrons. The van der Waals surface area contributed by atoms with Crippen LogP contribution in [0, 0.1) is 5.41 Å². The Kier molecular flexibility index (Phi) is 5.83. The molecule has 0 saturated carbocycles. The molecule has 0 saturated heterocycles. The lowest BCUT2D eigenvalue weighted by Gasteiger charge is -2.31. The zero-order chi connectivity index (χ0) is 12.9. The Morgan fingerprint density at radius 3 is 2.65 bits per heavy atom. The highest BCUT2D eigenvalue weighted by atomic mass is 32.2. The maximum Gasteiger partial charge on any atom is 0.0911 e. The summed E-state index contributed by atoms with van der Waals surface area (Å²) >= 11 is 1.58. The molecule has 4 heteroatoms. The van der Waals surface area contributed by atoms with Crippen molar-refractivity contribution in [2.45, 2.75) is 44.4 Å². The molecule has 2 nitrogen and oxygen atoms in total. The maximum atomic E-state index is 12.2. The van der Waals surface area contributed by atoms with Gasteiger partial charge in [-0.25, -0.2) is 0 Å². The van der Waals surface area contributed by atoms with Gasteiger partial charge in [0.2, 0.25) is 0 Å². The van der Waals surface area contributed by atoms with Gasteiger partial charge in [0.05, 0.1) is 15.0 Å². The van der Waals surface area contributed by atoms with E-state index in [1.165, 1.54) is 0 Å². The summed E-state index contributed by atoms with van der Waals surface area (Å²) in [7, 11) is -0.876. The molecule has 2 unspecified atom stereocenters. The molecule has 0 aliphatic heterocycles. The highest BCUT2D eigenvalue weighted by Gasteiger charge is 2.26. The number of thiophene rings is 1. The van der Waals surface area contributed by atoms with Crippen LogP contribution in [0.2, 0.25) is 0 Å². The molecule has 1 rings (SSSR count).